The van der Waals surface area contributed by atoms with Gasteiger partial charge < -0.3 is 23.4 Å². The quantitative estimate of drug-likeness (QED) is 0.361. The van der Waals surface area contributed by atoms with E-state index in [0.29, 0.717) is 19.5 Å². The van der Waals surface area contributed by atoms with Gasteiger partial charge in [0.2, 0.25) is 5.78 Å². The van der Waals surface area contributed by atoms with E-state index >= 15 is 0 Å². The summed E-state index contributed by atoms with van der Waals surface area (Å²) >= 11 is 0. The van der Waals surface area contributed by atoms with Crippen LogP contribution in [0.5, 0.6) is 0 Å². The lowest BCUT2D eigenvalue weighted by Gasteiger charge is -2.32. The van der Waals surface area contributed by atoms with Crippen LogP contribution in [0.4, 0.5) is 4.79 Å². The van der Waals surface area contributed by atoms with Crippen molar-refractivity contribution in [1.82, 2.24) is 9.88 Å². The number of hydrogen-bond acceptors (Lipinski definition) is 7. The predicted molar refractivity (Wildman–Crippen MR) is 150 cm³/mol. The second kappa shape index (κ2) is 10.1. The number of nitrogens with zero attached hydrogens (tertiary/aromatic N) is 2. The summed E-state index contributed by atoms with van der Waals surface area (Å²) in [5.74, 6) is -0.136. The Bertz CT molecular complexity index is 1220. The van der Waals surface area contributed by atoms with Crippen LogP contribution in [0.25, 0.3) is 0 Å². The molecule has 1 aromatic carbocycles. The molecule has 1 amide bonds. The van der Waals surface area contributed by atoms with E-state index in [1.54, 1.807) is 11.2 Å². The van der Waals surface area contributed by atoms with Gasteiger partial charge in [0.05, 0.1) is 16.9 Å². The molecule has 2 aliphatic heterocycles. The third kappa shape index (κ3) is 6.41. The van der Waals surface area contributed by atoms with Gasteiger partial charge in [0.25, 0.3) is 5.89 Å². The third-order valence-electron chi connectivity index (χ3n) is 7.84. The van der Waals surface area contributed by atoms with E-state index in [1.807, 2.05) is 87.4 Å². The Balaban J connectivity index is 1.64. The third-order valence-corrected chi connectivity index (χ3v) is 7.84. The van der Waals surface area contributed by atoms with Crippen LogP contribution in [0.3, 0.4) is 0 Å². The molecule has 1 fully saturated rings. The molecule has 1 aromatic heterocycles. The summed E-state index contributed by atoms with van der Waals surface area (Å²) in [4.78, 5) is 32.6. The minimum absolute atomic E-state index is 0.114. The summed E-state index contributed by atoms with van der Waals surface area (Å²) in [5, 5.41) is 0. The number of oxazole rings is 1. The number of carbonyl (C=O) groups is 2. The molecule has 0 bridgehead atoms. The van der Waals surface area contributed by atoms with Gasteiger partial charge in [-0.2, -0.15) is 0 Å². The highest BCUT2D eigenvalue weighted by Gasteiger charge is 2.51. The number of aromatic nitrogens is 1. The fourth-order valence-electron chi connectivity index (χ4n) is 4.79. The van der Waals surface area contributed by atoms with Crippen LogP contribution in [0, 0.1) is 0 Å². The molecular weight excluding hydrogens is 495 g/mol. The van der Waals surface area contributed by atoms with Crippen LogP contribution in [0.1, 0.15) is 116 Å². The minimum Gasteiger partial charge on any atom is -0.444 e. The number of carbonyl (C=O) groups excluding carboxylic acids is 2. The van der Waals surface area contributed by atoms with Gasteiger partial charge in [-0.05, 0) is 77.4 Å². The van der Waals surface area contributed by atoms with Gasteiger partial charge in [0.1, 0.15) is 11.9 Å². The fraction of sp³-hybridized carbons (Fsp3) is 0.633. The largest absolute Gasteiger partial charge is 0.494 e. The Morgan fingerprint density at radius 2 is 1.72 bits per heavy atom. The molecule has 0 spiro atoms. The number of Topliss-reactive ketones (excluding diaryl/α,β-unsaturated/α-hetero) is 1. The summed E-state index contributed by atoms with van der Waals surface area (Å²) in [6.07, 6.45) is 2.04. The number of hydrogen-bond donors (Lipinski definition) is 0. The van der Waals surface area contributed by atoms with E-state index in [0.717, 1.165) is 22.3 Å². The zero-order valence-corrected chi connectivity index (χ0v) is 25.1. The van der Waals surface area contributed by atoms with Crippen molar-refractivity contribution in [3.8, 4) is 0 Å². The number of fused-ring (bicyclic) bond motifs is 1. The zero-order chi connectivity index (χ0) is 29.0. The minimum atomic E-state index is -0.609. The van der Waals surface area contributed by atoms with Crippen LogP contribution in [0.15, 0.2) is 28.9 Å². The summed E-state index contributed by atoms with van der Waals surface area (Å²) in [6.45, 7) is 20.6. The van der Waals surface area contributed by atoms with Gasteiger partial charge in [-0.3, -0.25) is 4.79 Å². The summed E-state index contributed by atoms with van der Waals surface area (Å²) in [6, 6.07) is 6.09. The van der Waals surface area contributed by atoms with E-state index in [-0.39, 0.29) is 35.5 Å². The van der Waals surface area contributed by atoms with Crippen molar-refractivity contribution in [3.63, 3.8) is 0 Å². The molecule has 9 heteroatoms. The molecule has 0 saturated carbocycles. The smallest absolute Gasteiger partial charge is 0.444 e. The molecule has 1 atom stereocenters. The topological polar surface area (TPSA) is 91.1 Å². The van der Waals surface area contributed by atoms with Crippen LogP contribution < -0.4 is 5.46 Å². The molecule has 39 heavy (non-hydrogen) atoms. The molecule has 0 N–H and O–H groups in total. The van der Waals surface area contributed by atoms with Crippen LogP contribution in [0.2, 0.25) is 0 Å². The molecule has 212 valence electrons. The lowest BCUT2D eigenvalue weighted by Crippen LogP contribution is -2.41. The molecule has 4 rings (SSSR count). The average molecular weight is 538 g/mol. The highest BCUT2D eigenvalue weighted by atomic mass is 16.7. The lowest BCUT2D eigenvalue weighted by atomic mass is 9.76. The van der Waals surface area contributed by atoms with Crippen molar-refractivity contribution in [2.75, 3.05) is 6.54 Å². The van der Waals surface area contributed by atoms with E-state index in [9.17, 15) is 9.59 Å². The van der Waals surface area contributed by atoms with Crippen LogP contribution in [-0.4, -0.2) is 52.2 Å². The van der Waals surface area contributed by atoms with Crippen molar-refractivity contribution in [3.05, 3.63) is 47.2 Å². The Morgan fingerprint density at radius 1 is 1.08 bits per heavy atom. The maximum Gasteiger partial charge on any atom is 0.494 e. The first-order chi connectivity index (χ1) is 17.9. The zero-order valence-electron chi connectivity index (χ0n) is 25.1. The highest BCUT2D eigenvalue weighted by Crippen LogP contribution is 2.38. The Hall–Kier alpha value is -2.65. The van der Waals surface area contributed by atoms with E-state index in [4.69, 9.17) is 18.5 Å². The first-order valence-corrected chi connectivity index (χ1v) is 13.8. The maximum absolute atomic E-state index is 13.3. The first kappa shape index (κ1) is 29.3. The van der Waals surface area contributed by atoms with Gasteiger partial charge in [0.15, 0.2) is 0 Å². The maximum atomic E-state index is 13.3. The van der Waals surface area contributed by atoms with Gasteiger partial charge in [-0.1, -0.05) is 39.0 Å². The van der Waals surface area contributed by atoms with Crippen LogP contribution >= 0.6 is 0 Å². The van der Waals surface area contributed by atoms with Gasteiger partial charge in [0, 0.05) is 24.9 Å². The fourth-order valence-corrected chi connectivity index (χ4v) is 4.79. The number of ketones is 1. The Kier molecular flexibility index (Phi) is 7.58. The molecule has 8 nitrogen and oxygen atoms in total. The number of ether oxygens (including phenoxy) is 1. The molecular formula is C30H43BN2O6. The molecule has 2 aliphatic rings. The Labute approximate surface area is 232 Å². The molecule has 0 unspecified atom stereocenters. The van der Waals surface area contributed by atoms with E-state index < -0.39 is 23.9 Å². The lowest BCUT2D eigenvalue weighted by molar-refractivity contribution is 0.00578. The molecule has 1 saturated heterocycles. The highest BCUT2D eigenvalue weighted by molar-refractivity contribution is 6.62. The van der Waals surface area contributed by atoms with Crippen molar-refractivity contribution < 1.29 is 28.1 Å². The monoisotopic (exact) mass is 538 g/mol. The first-order valence-electron chi connectivity index (χ1n) is 13.8. The number of rotatable bonds is 4. The summed E-state index contributed by atoms with van der Waals surface area (Å²) in [5.41, 5.74) is 1.84. The van der Waals surface area contributed by atoms with E-state index in [2.05, 4.69) is 4.98 Å². The van der Waals surface area contributed by atoms with Crippen molar-refractivity contribution in [2.45, 2.75) is 117 Å². The van der Waals surface area contributed by atoms with Crippen molar-refractivity contribution >= 4 is 24.5 Å². The van der Waals surface area contributed by atoms with E-state index in [1.165, 1.54) is 0 Å². The summed E-state index contributed by atoms with van der Waals surface area (Å²) in [7, 11) is -0.526. The predicted octanol–water partition coefficient (Wildman–Crippen LogP) is 5.77. The second-order valence-electron chi connectivity index (χ2n) is 13.8. The summed E-state index contributed by atoms with van der Waals surface area (Å²) < 4.78 is 23.9. The Morgan fingerprint density at radius 3 is 2.28 bits per heavy atom. The number of amides is 1. The number of benzene rings is 1. The SMILES string of the molecule is CC(C)(C)OC(=O)N1CC[C@@H](CC(=O)c2nc(C(C)(C)C)co2)c2ccc(B3OC(C)(C)C(C)(C)O3)cc2C1. The molecule has 0 radical (unpaired) electrons. The molecule has 3 heterocycles. The van der Waals surface area contributed by atoms with Gasteiger partial charge >= 0.3 is 13.2 Å². The molecule has 0 aliphatic carbocycles. The van der Waals surface area contributed by atoms with Crippen LogP contribution in [-0.2, 0) is 26.0 Å². The van der Waals surface area contributed by atoms with Crippen molar-refractivity contribution in [1.29, 1.82) is 0 Å². The second-order valence-corrected chi connectivity index (χ2v) is 13.8. The molecule has 2 aromatic rings. The average Bonchev–Trinajstić information content (AvgIpc) is 3.31. The van der Waals surface area contributed by atoms with Crippen molar-refractivity contribution in [2.24, 2.45) is 0 Å². The van der Waals surface area contributed by atoms with Gasteiger partial charge in [-0.15, -0.1) is 0 Å². The van der Waals surface area contributed by atoms with Gasteiger partial charge in [-0.25, -0.2) is 9.78 Å². The standard InChI is InChI=1S/C30H43BN2O6/c1-27(2,3)24-18-36-25(32-24)23(34)16-19-13-14-33(26(35)37-28(4,5)6)17-20-15-21(11-12-22(19)20)31-38-29(7,8)30(9,10)39-31/h11-12,15,18-19H,13-14,16-17H2,1-10H3/t19-/m0/s1. The normalized spacial score (nSPS) is 20.9.